The summed E-state index contributed by atoms with van der Waals surface area (Å²) >= 11 is 1.14. The monoisotopic (exact) mass is 389 g/mol. The molecule has 27 heavy (non-hydrogen) atoms. The van der Waals surface area contributed by atoms with Gasteiger partial charge in [-0.1, -0.05) is 23.9 Å². The fraction of sp³-hybridized carbons (Fsp3) is 0.167. The van der Waals surface area contributed by atoms with Gasteiger partial charge in [0, 0.05) is 24.3 Å². The normalized spacial score (nSPS) is 10.6. The maximum Gasteiger partial charge on any atom is 0.297 e. The van der Waals surface area contributed by atoms with Crippen LogP contribution in [-0.4, -0.2) is 24.0 Å². The number of ether oxygens (including phenoxy) is 1. The Kier molecular flexibility index (Phi) is 5.92. The Morgan fingerprint density at radius 1 is 1.30 bits per heavy atom. The highest BCUT2D eigenvalue weighted by atomic mass is 32.2. The van der Waals surface area contributed by atoms with Crippen molar-refractivity contribution in [1.82, 2.24) is 5.27 Å². The summed E-state index contributed by atoms with van der Waals surface area (Å²) in [5, 5.41) is 18.4. The number of methoxy groups -OCH3 is 1. The van der Waals surface area contributed by atoms with Crippen LogP contribution in [0, 0.1) is 5.82 Å². The lowest BCUT2D eigenvalue weighted by Crippen LogP contribution is -2.34. The number of nitrogens with zero attached hydrogens (tertiary/aromatic N) is 2. The third-order valence-corrected chi connectivity index (χ3v) is 4.63. The Morgan fingerprint density at radius 3 is 2.74 bits per heavy atom. The Hall–Kier alpha value is -3.07. The highest BCUT2D eigenvalue weighted by molar-refractivity contribution is 7.99. The molecule has 0 bridgehead atoms. The van der Waals surface area contributed by atoms with Crippen LogP contribution in [0.1, 0.15) is 6.42 Å². The fourth-order valence-electron chi connectivity index (χ4n) is 2.26. The summed E-state index contributed by atoms with van der Waals surface area (Å²) in [7, 11) is 1.56. The highest BCUT2D eigenvalue weighted by Gasteiger charge is 2.21. The van der Waals surface area contributed by atoms with Gasteiger partial charge in [-0.25, -0.2) is 4.39 Å². The van der Waals surface area contributed by atoms with Crippen LogP contribution in [0.3, 0.4) is 0 Å². The Balaban J connectivity index is 1.62. The molecule has 140 valence electrons. The molecule has 3 aromatic rings. The molecule has 1 aromatic heterocycles. The number of hydrogen-bond acceptors (Lipinski definition) is 6. The van der Waals surface area contributed by atoms with E-state index in [0.717, 1.165) is 11.8 Å². The van der Waals surface area contributed by atoms with Crippen LogP contribution >= 0.6 is 11.8 Å². The first kappa shape index (κ1) is 18.7. The van der Waals surface area contributed by atoms with Crippen LogP contribution < -0.4 is 19.8 Å². The molecule has 0 aliphatic heterocycles. The number of thioether (sulfide) groups is 1. The number of carbonyl (C=O) groups excluding carboxylic acids is 1. The molecule has 7 nitrogen and oxygen atoms in total. The molecule has 2 aromatic carbocycles. The molecule has 0 spiro atoms. The average molecular weight is 389 g/mol. The summed E-state index contributed by atoms with van der Waals surface area (Å²) in [5.74, 6) is -0.480. The zero-order chi connectivity index (χ0) is 19.2. The summed E-state index contributed by atoms with van der Waals surface area (Å²) < 4.78 is 24.7. The number of anilines is 1. The molecule has 3 rings (SSSR count). The number of amides is 1. The van der Waals surface area contributed by atoms with E-state index < -0.39 is 11.8 Å². The Labute approximate surface area is 158 Å². The lowest BCUT2D eigenvalue weighted by molar-refractivity contribution is -0.705. The number of nitrogens with one attached hydrogen (secondary N) is 1. The van der Waals surface area contributed by atoms with Gasteiger partial charge in [0.25, 0.3) is 5.03 Å². The molecule has 0 unspecified atom stereocenters. The van der Waals surface area contributed by atoms with E-state index >= 15 is 0 Å². The lowest BCUT2D eigenvalue weighted by atomic mass is 10.3. The quantitative estimate of drug-likeness (QED) is 0.492. The second kappa shape index (κ2) is 8.54. The van der Waals surface area contributed by atoms with E-state index in [9.17, 15) is 14.3 Å². The van der Waals surface area contributed by atoms with Crippen molar-refractivity contribution in [2.24, 2.45) is 0 Å². The molecule has 0 radical (unpaired) electrons. The predicted molar refractivity (Wildman–Crippen MR) is 94.4 cm³/mol. The maximum atomic E-state index is 13.5. The first-order valence-electron chi connectivity index (χ1n) is 7.99. The number of carbonyl (C=O) groups is 1. The second-order valence-electron chi connectivity index (χ2n) is 5.40. The topological polar surface area (TPSA) is 91.3 Å². The van der Waals surface area contributed by atoms with Gasteiger partial charge in [-0.3, -0.25) is 4.79 Å². The van der Waals surface area contributed by atoms with Crippen LogP contribution in [0.2, 0.25) is 0 Å². The third-order valence-electron chi connectivity index (χ3n) is 3.61. The molecule has 0 fully saturated rings. The maximum absolute atomic E-state index is 13.5. The molecular weight excluding hydrogens is 373 g/mol. The number of halogens is 1. The van der Waals surface area contributed by atoms with Crippen LogP contribution in [0.5, 0.6) is 11.7 Å². The first-order chi connectivity index (χ1) is 13.1. The van der Waals surface area contributed by atoms with E-state index in [-0.39, 0.29) is 23.0 Å². The Bertz CT molecular complexity index is 931. The number of aromatic nitrogens is 2. The van der Waals surface area contributed by atoms with Crippen molar-refractivity contribution in [3.63, 3.8) is 0 Å². The first-order valence-corrected chi connectivity index (χ1v) is 8.97. The molecular formula is C18H16FN3O4S. The minimum atomic E-state index is -0.592. The average Bonchev–Trinajstić information content (AvgIpc) is 3.04. The summed E-state index contributed by atoms with van der Waals surface area (Å²) in [6.45, 7) is 0. The van der Waals surface area contributed by atoms with Crippen molar-refractivity contribution in [1.29, 1.82) is 0 Å². The largest absolute Gasteiger partial charge is 0.538 e. The third kappa shape index (κ3) is 4.56. The molecule has 9 heteroatoms. The van der Waals surface area contributed by atoms with Gasteiger partial charge in [0.1, 0.15) is 11.6 Å². The molecule has 0 saturated heterocycles. The van der Waals surface area contributed by atoms with E-state index in [4.69, 9.17) is 9.26 Å². The van der Waals surface area contributed by atoms with E-state index in [1.54, 1.807) is 43.5 Å². The van der Waals surface area contributed by atoms with Crippen LogP contribution in [0.25, 0.3) is 5.69 Å². The number of benzene rings is 2. The standard InChI is InChI=1S/C18H16FN3O4S/c1-25-13-8-6-12(7-9-13)22-17(18(24)26-21-22)27-11-10-16(23)20-15-5-3-2-4-14(15)19/h2-9H,10-11H2,1H3,(H-,20,21,23,24). The van der Waals surface area contributed by atoms with E-state index in [1.807, 2.05) is 0 Å². The molecule has 0 saturated carbocycles. The zero-order valence-electron chi connectivity index (χ0n) is 14.3. The summed E-state index contributed by atoms with van der Waals surface area (Å²) in [6, 6.07) is 12.9. The van der Waals surface area contributed by atoms with Crippen molar-refractivity contribution in [2.75, 3.05) is 18.2 Å². The SMILES string of the molecule is COc1ccc(-[n+]2noc([O-])c2SCCC(=O)Nc2ccccc2F)cc1. The summed E-state index contributed by atoms with van der Waals surface area (Å²) in [5.41, 5.74) is 0.746. The van der Waals surface area contributed by atoms with Gasteiger partial charge in [0.15, 0.2) is 5.95 Å². The van der Waals surface area contributed by atoms with Gasteiger partial charge in [0.2, 0.25) is 11.6 Å². The van der Waals surface area contributed by atoms with Gasteiger partial charge in [-0.05, 0) is 28.9 Å². The van der Waals surface area contributed by atoms with Gasteiger partial charge in [-0.2, -0.15) is 0 Å². The Morgan fingerprint density at radius 2 is 2.04 bits per heavy atom. The van der Waals surface area contributed by atoms with Crippen molar-refractivity contribution >= 4 is 23.4 Å². The minimum absolute atomic E-state index is 0.0895. The molecule has 1 heterocycles. The predicted octanol–water partition coefficient (Wildman–Crippen LogP) is 2.29. The van der Waals surface area contributed by atoms with Crippen LogP contribution in [0.4, 0.5) is 10.1 Å². The summed E-state index contributed by atoms with van der Waals surface area (Å²) in [4.78, 5) is 12.0. The fourth-order valence-corrected chi connectivity index (χ4v) is 3.16. The smallest absolute Gasteiger partial charge is 0.297 e. The van der Waals surface area contributed by atoms with E-state index in [1.165, 1.54) is 16.8 Å². The van der Waals surface area contributed by atoms with E-state index in [2.05, 4.69) is 10.6 Å². The van der Waals surface area contributed by atoms with E-state index in [0.29, 0.717) is 17.2 Å². The van der Waals surface area contributed by atoms with Crippen LogP contribution in [0.15, 0.2) is 58.1 Å². The zero-order valence-corrected chi connectivity index (χ0v) is 15.2. The van der Waals surface area contributed by atoms with Gasteiger partial charge < -0.3 is 19.7 Å². The van der Waals surface area contributed by atoms with Gasteiger partial charge in [0.05, 0.1) is 18.1 Å². The van der Waals surface area contributed by atoms with Gasteiger partial charge in [-0.15, -0.1) is 0 Å². The number of para-hydroxylation sites is 1. The molecule has 0 aliphatic rings. The second-order valence-corrected chi connectivity index (χ2v) is 6.49. The van der Waals surface area contributed by atoms with Gasteiger partial charge >= 0.3 is 0 Å². The van der Waals surface area contributed by atoms with Crippen molar-refractivity contribution < 1.29 is 28.2 Å². The molecule has 1 N–H and O–H groups in total. The van der Waals surface area contributed by atoms with Crippen molar-refractivity contribution in [3.8, 4) is 17.4 Å². The molecule has 0 aliphatic carbocycles. The van der Waals surface area contributed by atoms with Crippen molar-refractivity contribution in [2.45, 2.75) is 11.4 Å². The number of rotatable bonds is 7. The number of hydrogen-bond donors (Lipinski definition) is 1. The highest BCUT2D eigenvalue weighted by Crippen LogP contribution is 2.24. The minimum Gasteiger partial charge on any atom is -0.538 e. The van der Waals surface area contributed by atoms with Crippen LogP contribution in [-0.2, 0) is 4.79 Å². The lowest BCUT2D eigenvalue weighted by Gasteiger charge is -2.05. The van der Waals surface area contributed by atoms with Crippen molar-refractivity contribution in [3.05, 3.63) is 54.3 Å². The molecule has 1 amide bonds. The molecule has 0 atom stereocenters. The summed E-state index contributed by atoms with van der Waals surface area (Å²) in [6.07, 6.45) is 0.0895.